The first-order valence-corrected chi connectivity index (χ1v) is 12.9. The maximum Gasteiger partial charge on any atom is 0.407 e. The lowest BCUT2D eigenvalue weighted by Crippen LogP contribution is -2.33. The number of carbonyl (C=O) groups excluding carboxylic acids is 3. The van der Waals surface area contributed by atoms with Crippen LogP contribution in [0.5, 0.6) is 0 Å². The summed E-state index contributed by atoms with van der Waals surface area (Å²) >= 11 is 1.04. The van der Waals surface area contributed by atoms with Crippen LogP contribution in [0.2, 0.25) is 0 Å². The molecule has 0 heterocycles. The summed E-state index contributed by atoms with van der Waals surface area (Å²) in [6.45, 7) is 1.87. The van der Waals surface area contributed by atoms with Crippen molar-refractivity contribution in [3.63, 3.8) is 0 Å². The lowest BCUT2D eigenvalue weighted by molar-refractivity contribution is -0.387. The first kappa shape index (κ1) is 28.9. The number of ether oxygens (including phenoxy) is 1. The summed E-state index contributed by atoms with van der Waals surface area (Å²) < 4.78 is 4.92. The number of nitrogens with one attached hydrogen (secondary N) is 3. The number of rotatable bonds is 12. The Labute approximate surface area is 229 Å². The van der Waals surface area contributed by atoms with Crippen molar-refractivity contribution in [1.29, 1.82) is 0 Å². The highest BCUT2D eigenvalue weighted by Crippen LogP contribution is 2.30. The number of para-hydroxylation sites is 1. The molecule has 202 valence electrons. The molecule has 0 fully saturated rings. The van der Waals surface area contributed by atoms with E-state index in [2.05, 4.69) is 21.2 Å². The number of nitrogens with zero attached hydrogens (tertiary/aromatic N) is 2. The Morgan fingerprint density at radius 3 is 2.38 bits per heavy atom. The van der Waals surface area contributed by atoms with Gasteiger partial charge in [0.15, 0.2) is 0 Å². The second-order valence-corrected chi connectivity index (χ2v) is 9.03. The van der Waals surface area contributed by atoms with Gasteiger partial charge in [0.05, 0.1) is 40.9 Å². The number of amides is 3. The van der Waals surface area contributed by atoms with Gasteiger partial charge in [0.25, 0.3) is 5.69 Å². The van der Waals surface area contributed by atoms with Crippen molar-refractivity contribution < 1.29 is 24.0 Å². The molecule has 1 atom stereocenters. The second-order valence-electron chi connectivity index (χ2n) is 8.01. The van der Waals surface area contributed by atoms with E-state index in [4.69, 9.17) is 4.74 Å². The van der Waals surface area contributed by atoms with Gasteiger partial charge in [-0.05, 0) is 30.7 Å². The number of nitro benzene ring substituents is 1. The molecule has 0 spiro atoms. The van der Waals surface area contributed by atoms with Gasteiger partial charge in [-0.25, -0.2) is 10.2 Å². The predicted molar refractivity (Wildman–Crippen MR) is 149 cm³/mol. The van der Waals surface area contributed by atoms with E-state index in [0.29, 0.717) is 21.7 Å². The second kappa shape index (κ2) is 14.9. The summed E-state index contributed by atoms with van der Waals surface area (Å²) in [4.78, 5) is 48.0. The smallest absolute Gasteiger partial charge is 0.407 e. The van der Waals surface area contributed by atoms with Crippen molar-refractivity contribution in [1.82, 2.24) is 10.7 Å². The van der Waals surface area contributed by atoms with Gasteiger partial charge in [0.1, 0.15) is 0 Å². The lowest BCUT2D eigenvalue weighted by atomic mass is 10.0. The van der Waals surface area contributed by atoms with Crippen LogP contribution in [-0.4, -0.2) is 41.4 Å². The summed E-state index contributed by atoms with van der Waals surface area (Å²) in [5, 5.41) is 20.9. The summed E-state index contributed by atoms with van der Waals surface area (Å²) in [6, 6.07) is 21.6. The van der Waals surface area contributed by atoms with Crippen LogP contribution in [0.4, 0.5) is 16.2 Å². The van der Waals surface area contributed by atoms with Gasteiger partial charge >= 0.3 is 6.09 Å². The Hall–Kier alpha value is -4.71. The largest absolute Gasteiger partial charge is 0.450 e. The zero-order valence-electron chi connectivity index (χ0n) is 21.0. The molecule has 3 aromatic carbocycles. The van der Waals surface area contributed by atoms with E-state index in [9.17, 15) is 24.5 Å². The fourth-order valence-corrected chi connectivity index (χ4v) is 4.21. The number of carbonyl (C=O) groups is 3. The zero-order valence-corrected chi connectivity index (χ0v) is 21.9. The number of thioether (sulfide) groups is 1. The van der Waals surface area contributed by atoms with Crippen LogP contribution < -0.4 is 16.1 Å². The molecule has 0 aliphatic rings. The number of alkyl carbamates (subject to hydrolysis) is 1. The molecule has 3 N–H and O–H groups in total. The highest BCUT2D eigenvalue weighted by atomic mass is 32.2. The molecule has 39 heavy (non-hydrogen) atoms. The Bertz CT molecular complexity index is 1320. The molecule has 0 bridgehead atoms. The molecule has 3 aromatic rings. The van der Waals surface area contributed by atoms with E-state index < -0.39 is 23.0 Å². The molecule has 0 saturated carbocycles. The normalized spacial score (nSPS) is 11.4. The molecular weight excluding hydrogens is 522 g/mol. The third-order valence-corrected chi connectivity index (χ3v) is 6.22. The monoisotopic (exact) mass is 549 g/mol. The van der Waals surface area contributed by atoms with Gasteiger partial charge in [-0.15, -0.1) is 11.8 Å². The Balaban J connectivity index is 1.59. The van der Waals surface area contributed by atoms with Gasteiger partial charge in [0.2, 0.25) is 11.8 Å². The van der Waals surface area contributed by atoms with Crippen molar-refractivity contribution in [2.75, 3.05) is 17.7 Å². The fraction of sp³-hybridized carbons (Fsp3) is 0.185. The van der Waals surface area contributed by atoms with E-state index >= 15 is 0 Å². The van der Waals surface area contributed by atoms with Crippen molar-refractivity contribution in [2.24, 2.45) is 5.10 Å². The molecule has 0 saturated heterocycles. The van der Waals surface area contributed by atoms with Gasteiger partial charge in [-0.2, -0.15) is 5.10 Å². The average molecular weight is 550 g/mol. The molecule has 0 aliphatic carbocycles. The van der Waals surface area contributed by atoms with E-state index in [1.165, 1.54) is 18.3 Å². The Kier molecular flexibility index (Phi) is 11.0. The maximum atomic E-state index is 12.5. The van der Waals surface area contributed by atoms with Crippen LogP contribution in [0.15, 0.2) is 88.9 Å². The quantitative estimate of drug-likeness (QED) is 0.129. The SMILES string of the molecule is CCOC(=O)N[C@H](CC(=O)N/N=C\c1ccc(SCC(=O)Nc2ccccc2)c([N+](=O)[O-])c1)c1ccccc1. The van der Waals surface area contributed by atoms with Gasteiger partial charge in [-0.3, -0.25) is 19.7 Å². The van der Waals surface area contributed by atoms with E-state index in [-0.39, 0.29) is 30.4 Å². The summed E-state index contributed by atoms with van der Waals surface area (Å²) in [7, 11) is 0. The van der Waals surface area contributed by atoms with E-state index in [1.54, 1.807) is 61.5 Å². The summed E-state index contributed by atoms with van der Waals surface area (Å²) in [5.41, 5.74) is 3.91. The van der Waals surface area contributed by atoms with Crippen LogP contribution in [0.3, 0.4) is 0 Å². The minimum Gasteiger partial charge on any atom is -0.450 e. The molecule has 3 rings (SSSR count). The highest BCUT2D eigenvalue weighted by Gasteiger charge is 2.19. The first-order valence-electron chi connectivity index (χ1n) is 11.9. The minimum atomic E-state index is -0.648. The molecule has 3 amide bonds. The zero-order chi connectivity index (χ0) is 28.0. The molecule has 12 heteroatoms. The number of hydrogen-bond donors (Lipinski definition) is 3. The third kappa shape index (κ3) is 9.59. The van der Waals surface area contributed by atoms with Gasteiger partial charge in [0, 0.05) is 17.3 Å². The molecule has 0 radical (unpaired) electrons. The number of anilines is 1. The lowest BCUT2D eigenvalue weighted by Gasteiger charge is -2.18. The average Bonchev–Trinajstić information content (AvgIpc) is 2.93. The van der Waals surface area contributed by atoms with Gasteiger partial charge < -0.3 is 15.4 Å². The number of hydrazone groups is 1. The summed E-state index contributed by atoms with van der Waals surface area (Å²) in [5.74, 6) is -0.787. The van der Waals surface area contributed by atoms with Crippen LogP contribution >= 0.6 is 11.8 Å². The van der Waals surface area contributed by atoms with E-state index in [1.807, 2.05) is 12.1 Å². The van der Waals surface area contributed by atoms with Crippen LogP contribution in [0, 0.1) is 10.1 Å². The summed E-state index contributed by atoms with van der Waals surface area (Å²) in [6.07, 6.45) is 0.518. The Morgan fingerprint density at radius 2 is 1.72 bits per heavy atom. The molecule has 0 aromatic heterocycles. The molecule has 0 aliphatic heterocycles. The molecular formula is C27H27N5O6S. The van der Waals surface area contributed by atoms with Crippen LogP contribution in [0.25, 0.3) is 0 Å². The van der Waals surface area contributed by atoms with Crippen LogP contribution in [-0.2, 0) is 14.3 Å². The third-order valence-electron chi connectivity index (χ3n) is 5.16. The van der Waals surface area contributed by atoms with Crippen molar-refractivity contribution in [3.05, 3.63) is 100 Å². The predicted octanol–water partition coefficient (Wildman–Crippen LogP) is 4.65. The van der Waals surface area contributed by atoms with E-state index in [0.717, 1.165) is 11.8 Å². The Morgan fingerprint density at radius 1 is 1.03 bits per heavy atom. The highest BCUT2D eigenvalue weighted by molar-refractivity contribution is 8.00. The van der Waals surface area contributed by atoms with Gasteiger partial charge in [-0.1, -0.05) is 54.6 Å². The van der Waals surface area contributed by atoms with Crippen molar-refractivity contribution in [3.8, 4) is 0 Å². The standard InChI is InChI=1S/C27H27N5O6S/c1-2-38-27(35)30-22(20-9-5-3-6-10-20)16-25(33)31-28-17-19-13-14-24(23(15-19)32(36)37)39-18-26(34)29-21-11-7-4-8-12-21/h3-15,17,22H,2,16,18H2,1H3,(H,29,34)(H,30,35)(H,31,33)/b28-17-/t22-/m1/s1. The van der Waals surface area contributed by atoms with Crippen LogP contribution in [0.1, 0.15) is 30.5 Å². The minimum absolute atomic E-state index is 0.0123. The first-order chi connectivity index (χ1) is 18.9. The number of hydrogen-bond acceptors (Lipinski definition) is 8. The van der Waals surface area contributed by atoms with Crippen molar-refractivity contribution >= 4 is 47.3 Å². The molecule has 0 unspecified atom stereocenters. The topological polar surface area (TPSA) is 152 Å². The van der Waals surface area contributed by atoms with Crippen molar-refractivity contribution in [2.45, 2.75) is 24.3 Å². The molecule has 11 nitrogen and oxygen atoms in total. The fourth-order valence-electron chi connectivity index (χ4n) is 3.40. The number of benzene rings is 3. The maximum absolute atomic E-state index is 12.5. The number of nitro groups is 1.